The van der Waals surface area contributed by atoms with Crippen LogP contribution < -0.4 is 10.6 Å². The Kier molecular flexibility index (Phi) is 6.73. The molecule has 0 heterocycles. The zero-order chi connectivity index (χ0) is 17.7. The first-order valence-electron chi connectivity index (χ1n) is 7.79. The quantitative estimate of drug-likeness (QED) is 0.693. The number of carbonyl (C=O) groups is 2. The number of carboxylic acids is 1. The van der Waals surface area contributed by atoms with Crippen molar-refractivity contribution in [1.29, 1.82) is 0 Å². The Labute approximate surface area is 135 Å². The van der Waals surface area contributed by atoms with Gasteiger partial charge < -0.3 is 20.5 Å². The van der Waals surface area contributed by atoms with Gasteiger partial charge >= 0.3 is 12.1 Å². The summed E-state index contributed by atoms with van der Waals surface area (Å²) in [6.45, 7) is 3.50. The first-order chi connectivity index (χ1) is 10.5. The van der Waals surface area contributed by atoms with Crippen LogP contribution in [0.4, 0.5) is 13.6 Å². The smallest absolute Gasteiger partial charge is 0.407 e. The zero-order valence-electron chi connectivity index (χ0n) is 13.8. The van der Waals surface area contributed by atoms with Crippen molar-refractivity contribution in [1.82, 2.24) is 10.6 Å². The molecule has 134 valence electrons. The molecule has 0 saturated heterocycles. The largest absolute Gasteiger partial charge is 0.481 e. The number of nitrogens with one attached hydrogen (secondary N) is 2. The molecule has 0 aromatic carbocycles. The highest BCUT2D eigenvalue weighted by atomic mass is 19.3. The third kappa shape index (κ3) is 8.11. The lowest BCUT2D eigenvalue weighted by atomic mass is 9.86. The molecule has 0 aromatic heterocycles. The highest BCUT2D eigenvalue weighted by Gasteiger charge is 2.33. The molecule has 1 aliphatic carbocycles. The van der Waals surface area contributed by atoms with Crippen LogP contribution in [0.2, 0.25) is 0 Å². The van der Waals surface area contributed by atoms with E-state index >= 15 is 0 Å². The summed E-state index contributed by atoms with van der Waals surface area (Å²) in [6.07, 6.45) is 1.44. The van der Waals surface area contributed by atoms with Crippen LogP contribution in [0.15, 0.2) is 0 Å². The Morgan fingerprint density at radius 2 is 1.87 bits per heavy atom. The molecule has 1 rings (SSSR count). The number of rotatable bonds is 6. The molecule has 0 spiro atoms. The van der Waals surface area contributed by atoms with E-state index in [-0.39, 0.29) is 6.04 Å². The standard InChI is InChI=1S/C15H26F2N2O4/c1-14(2,3)23-13(22)19-9-15(16,17)8-18-11-6-4-5-10(7-11)12(20)21/h10-11,18H,4-9H2,1-3H3,(H,19,22)(H,20,21). The van der Waals surface area contributed by atoms with Crippen LogP contribution in [0.5, 0.6) is 0 Å². The van der Waals surface area contributed by atoms with Crippen molar-refractivity contribution >= 4 is 12.1 Å². The van der Waals surface area contributed by atoms with Crippen LogP contribution in [0.25, 0.3) is 0 Å². The highest BCUT2D eigenvalue weighted by Crippen LogP contribution is 2.25. The Hall–Kier alpha value is -1.44. The molecule has 0 bridgehead atoms. The minimum atomic E-state index is -3.13. The summed E-state index contributed by atoms with van der Waals surface area (Å²) in [5, 5.41) is 13.7. The van der Waals surface area contributed by atoms with E-state index in [9.17, 15) is 18.4 Å². The van der Waals surface area contributed by atoms with Gasteiger partial charge in [0.05, 0.1) is 19.0 Å². The second kappa shape index (κ2) is 7.90. The molecule has 1 saturated carbocycles. The van der Waals surface area contributed by atoms with Gasteiger partial charge in [-0.2, -0.15) is 0 Å². The van der Waals surface area contributed by atoms with Crippen molar-refractivity contribution in [3.8, 4) is 0 Å². The number of amides is 1. The summed E-state index contributed by atoms with van der Waals surface area (Å²) in [5.41, 5.74) is -0.744. The van der Waals surface area contributed by atoms with Gasteiger partial charge in [-0.05, 0) is 40.0 Å². The Balaban J connectivity index is 2.34. The number of carboxylic acid groups (broad SMARTS) is 1. The van der Waals surface area contributed by atoms with Crippen LogP contribution in [-0.2, 0) is 9.53 Å². The maximum absolute atomic E-state index is 13.8. The van der Waals surface area contributed by atoms with Crippen LogP contribution in [0.3, 0.4) is 0 Å². The molecule has 3 N–H and O–H groups in total. The average Bonchev–Trinajstić information content (AvgIpc) is 2.42. The van der Waals surface area contributed by atoms with E-state index in [4.69, 9.17) is 9.84 Å². The fourth-order valence-electron chi connectivity index (χ4n) is 2.47. The van der Waals surface area contributed by atoms with Gasteiger partial charge in [-0.3, -0.25) is 4.79 Å². The van der Waals surface area contributed by atoms with E-state index in [1.54, 1.807) is 20.8 Å². The summed E-state index contributed by atoms with van der Waals surface area (Å²) in [5.74, 6) is -4.49. The molecule has 6 nitrogen and oxygen atoms in total. The van der Waals surface area contributed by atoms with Gasteiger partial charge in [0.15, 0.2) is 0 Å². The predicted molar refractivity (Wildman–Crippen MR) is 80.6 cm³/mol. The summed E-state index contributed by atoms with van der Waals surface area (Å²) in [7, 11) is 0. The van der Waals surface area contributed by atoms with Crippen molar-refractivity contribution in [2.75, 3.05) is 13.1 Å². The fraction of sp³-hybridized carbons (Fsp3) is 0.867. The molecule has 2 atom stereocenters. The molecule has 23 heavy (non-hydrogen) atoms. The lowest BCUT2D eigenvalue weighted by Crippen LogP contribution is -2.48. The molecular weight excluding hydrogens is 310 g/mol. The Bertz CT molecular complexity index is 424. The van der Waals surface area contributed by atoms with Crippen molar-refractivity contribution in [3.63, 3.8) is 0 Å². The number of alkyl halides is 2. The van der Waals surface area contributed by atoms with Gasteiger partial charge in [-0.1, -0.05) is 6.42 Å². The molecule has 1 aliphatic rings. The van der Waals surface area contributed by atoms with E-state index in [2.05, 4.69) is 5.32 Å². The lowest BCUT2D eigenvalue weighted by Gasteiger charge is -2.29. The molecule has 1 amide bonds. The van der Waals surface area contributed by atoms with Gasteiger partial charge in [-0.15, -0.1) is 0 Å². The van der Waals surface area contributed by atoms with Crippen molar-refractivity contribution in [2.24, 2.45) is 5.92 Å². The summed E-state index contributed by atoms with van der Waals surface area (Å²) >= 11 is 0. The molecule has 2 unspecified atom stereocenters. The third-order valence-electron chi connectivity index (χ3n) is 3.56. The van der Waals surface area contributed by atoms with Crippen molar-refractivity contribution in [2.45, 2.75) is 64.0 Å². The first-order valence-corrected chi connectivity index (χ1v) is 7.79. The number of halogens is 2. The minimum absolute atomic E-state index is 0.239. The van der Waals surface area contributed by atoms with Gasteiger partial charge in [0.2, 0.25) is 0 Å². The van der Waals surface area contributed by atoms with E-state index in [1.807, 2.05) is 5.32 Å². The van der Waals surface area contributed by atoms with Gasteiger partial charge in [0.25, 0.3) is 5.92 Å². The molecule has 1 fully saturated rings. The third-order valence-corrected chi connectivity index (χ3v) is 3.56. The lowest BCUT2D eigenvalue weighted by molar-refractivity contribution is -0.143. The van der Waals surface area contributed by atoms with Crippen molar-refractivity contribution < 1.29 is 28.2 Å². The van der Waals surface area contributed by atoms with E-state index in [1.165, 1.54) is 0 Å². The SMILES string of the molecule is CC(C)(C)OC(=O)NCC(F)(F)CNC1CCCC(C(=O)O)C1. The van der Waals surface area contributed by atoms with Crippen LogP contribution in [-0.4, -0.2) is 47.8 Å². The molecule has 0 radical (unpaired) electrons. The second-order valence-electron chi connectivity index (χ2n) is 6.99. The summed E-state index contributed by atoms with van der Waals surface area (Å²) < 4.78 is 32.5. The topological polar surface area (TPSA) is 87.7 Å². The Morgan fingerprint density at radius 3 is 2.43 bits per heavy atom. The van der Waals surface area contributed by atoms with Crippen LogP contribution in [0, 0.1) is 5.92 Å². The number of ether oxygens (including phenoxy) is 1. The van der Waals surface area contributed by atoms with E-state index in [0.29, 0.717) is 25.7 Å². The number of carbonyl (C=O) groups excluding carboxylic acids is 1. The molecule has 0 aromatic rings. The maximum Gasteiger partial charge on any atom is 0.407 e. The highest BCUT2D eigenvalue weighted by molar-refractivity contribution is 5.70. The Morgan fingerprint density at radius 1 is 1.22 bits per heavy atom. The zero-order valence-corrected chi connectivity index (χ0v) is 13.8. The van der Waals surface area contributed by atoms with Gasteiger partial charge in [0.1, 0.15) is 5.60 Å². The number of alkyl carbamates (subject to hydrolysis) is 1. The minimum Gasteiger partial charge on any atom is -0.481 e. The van der Waals surface area contributed by atoms with E-state index < -0.39 is 42.6 Å². The van der Waals surface area contributed by atoms with E-state index in [0.717, 1.165) is 0 Å². The maximum atomic E-state index is 13.8. The van der Waals surface area contributed by atoms with Gasteiger partial charge in [0, 0.05) is 6.04 Å². The number of hydrogen-bond acceptors (Lipinski definition) is 4. The van der Waals surface area contributed by atoms with Crippen molar-refractivity contribution in [3.05, 3.63) is 0 Å². The number of aliphatic carboxylic acids is 1. The summed E-state index contributed by atoms with van der Waals surface area (Å²) in [6, 6.07) is -0.239. The van der Waals surface area contributed by atoms with Crippen LogP contribution >= 0.6 is 0 Å². The molecular formula is C15H26F2N2O4. The monoisotopic (exact) mass is 336 g/mol. The molecule has 8 heteroatoms. The van der Waals surface area contributed by atoms with Gasteiger partial charge in [-0.25, -0.2) is 13.6 Å². The average molecular weight is 336 g/mol. The first kappa shape index (κ1) is 19.6. The normalized spacial score (nSPS) is 22.5. The fourth-order valence-corrected chi connectivity index (χ4v) is 2.47. The summed E-state index contributed by atoms with van der Waals surface area (Å²) in [4.78, 5) is 22.3. The molecule has 0 aliphatic heterocycles. The second-order valence-corrected chi connectivity index (χ2v) is 6.99. The predicted octanol–water partition coefficient (Wildman–Crippen LogP) is 2.38. The number of hydrogen-bond donors (Lipinski definition) is 3. The van der Waals surface area contributed by atoms with Crippen LogP contribution in [0.1, 0.15) is 46.5 Å².